The Balaban J connectivity index is 2.01. The summed E-state index contributed by atoms with van der Waals surface area (Å²) in [7, 11) is 0. The molecule has 1 fully saturated rings. The van der Waals surface area contributed by atoms with Crippen LogP contribution in [0.1, 0.15) is 42.5 Å². The fraction of sp³-hybridized carbons (Fsp3) is 0.429. The average molecular weight is 228 g/mol. The van der Waals surface area contributed by atoms with E-state index in [0.717, 1.165) is 12.8 Å². The van der Waals surface area contributed by atoms with Crippen LogP contribution in [0.5, 0.6) is 0 Å². The molecule has 0 atom stereocenters. The van der Waals surface area contributed by atoms with Gasteiger partial charge < -0.3 is 5.32 Å². The van der Waals surface area contributed by atoms with Crippen molar-refractivity contribution < 1.29 is 4.79 Å². The number of hydrogen-bond acceptors (Lipinski definition) is 1. The number of carbonyl (C=O) groups is 1. The molecule has 2 rings (SSSR count). The third kappa shape index (κ3) is 3.07. The van der Waals surface area contributed by atoms with E-state index in [1.54, 1.807) is 24.3 Å². The maximum Gasteiger partial charge on any atom is 0.250 e. The van der Waals surface area contributed by atoms with Gasteiger partial charge >= 0.3 is 0 Å². The monoisotopic (exact) mass is 228 g/mol. The summed E-state index contributed by atoms with van der Waals surface area (Å²) in [5.74, 6) is -0.0533. The van der Waals surface area contributed by atoms with Crippen molar-refractivity contribution in [3.63, 3.8) is 0 Å². The largest absolute Gasteiger partial charge is 0.349 e. The van der Waals surface area contributed by atoms with Crippen molar-refractivity contribution in [1.82, 2.24) is 5.32 Å². The van der Waals surface area contributed by atoms with Crippen molar-refractivity contribution in [3.8, 4) is 0 Å². The zero-order valence-corrected chi connectivity index (χ0v) is 9.78. The Morgan fingerprint density at radius 3 is 2.76 bits per heavy atom. The minimum atomic E-state index is -0.0533. The number of nitrogens with zero attached hydrogens (tertiary/aromatic N) is 1. The second-order valence-electron chi connectivity index (χ2n) is 4.47. The van der Waals surface area contributed by atoms with Crippen LogP contribution in [0.15, 0.2) is 24.3 Å². The number of benzene rings is 1. The molecule has 1 amide bonds. The lowest BCUT2D eigenvalue weighted by atomic mass is 9.95. The molecule has 0 aromatic heterocycles. The quantitative estimate of drug-likeness (QED) is 0.774. The summed E-state index contributed by atoms with van der Waals surface area (Å²) in [5, 5.41) is 3.04. The van der Waals surface area contributed by atoms with Crippen LogP contribution in [0.25, 0.3) is 4.85 Å². The molecule has 1 aromatic rings. The van der Waals surface area contributed by atoms with E-state index in [1.807, 2.05) is 0 Å². The van der Waals surface area contributed by atoms with Crippen LogP contribution >= 0.6 is 0 Å². The molecule has 0 heterocycles. The lowest BCUT2D eigenvalue weighted by molar-refractivity contribution is 0.0928. The third-order valence-electron chi connectivity index (χ3n) is 3.18. The number of carbonyl (C=O) groups excluding carboxylic acids is 1. The van der Waals surface area contributed by atoms with Gasteiger partial charge in [0.05, 0.1) is 6.57 Å². The molecular formula is C14H16N2O. The van der Waals surface area contributed by atoms with E-state index in [-0.39, 0.29) is 5.91 Å². The first-order valence-corrected chi connectivity index (χ1v) is 6.08. The Bertz CT molecular complexity index is 442. The first-order valence-electron chi connectivity index (χ1n) is 6.08. The Morgan fingerprint density at radius 1 is 1.29 bits per heavy atom. The molecular weight excluding hydrogens is 212 g/mol. The summed E-state index contributed by atoms with van der Waals surface area (Å²) in [4.78, 5) is 15.3. The molecule has 17 heavy (non-hydrogen) atoms. The van der Waals surface area contributed by atoms with Crippen LogP contribution < -0.4 is 5.32 Å². The molecule has 0 bridgehead atoms. The number of hydrogen-bond donors (Lipinski definition) is 1. The van der Waals surface area contributed by atoms with E-state index in [2.05, 4.69) is 10.2 Å². The van der Waals surface area contributed by atoms with Gasteiger partial charge in [-0.1, -0.05) is 37.5 Å². The summed E-state index contributed by atoms with van der Waals surface area (Å²) in [6, 6.07) is 7.18. The van der Waals surface area contributed by atoms with Gasteiger partial charge in [-0.15, -0.1) is 0 Å². The smallest absolute Gasteiger partial charge is 0.250 e. The highest BCUT2D eigenvalue weighted by molar-refractivity contribution is 5.95. The summed E-state index contributed by atoms with van der Waals surface area (Å²) in [6.45, 7) is 6.93. The van der Waals surface area contributed by atoms with Crippen molar-refractivity contribution in [2.45, 2.75) is 38.1 Å². The van der Waals surface area contributed by atoms with Gasteiger partial charge in [-0.05, 0) is 18.9 Å². The van der Waals surface area contributed by atoms with E-state index in [1.165, 1.54) is 19.3 Å². The van der Waals surface area contributed by atoms with Crippen LogP contribution in [0.4, 0.5) is 5.69 Å². The highest BCUT2D eigenvalue weighted by Crippen LogP contribution is 2.19. The molecule has 3 heteroatoms. The SMILES string of the molecule is [C-]#[N+]c1cccc(C(=O)NC2CCCCC2)c1. The van der Waals surface area contributed by atoms with E-state index in [4.69, 9.17) is 6.57 Å². The molecule has 1 saturated carbocycles. The Kier molecular flexibility index (Phi) is 3.77. The van der Waals surface area contributed by atoms with Crippen LogP contribution in [0.3, 0.4) is 0 Å². The van der Waals surface area contributed by atoms with Gasteiger partial charge in [0.1, 0.15) is 0 Å². The third-order valence-corrected chi connectivity index (χ3v) is 3.18. The van der Waals surface area contributed by atoms with E-state index in [0.29, 0.717) is 17.3 Å². The molecule has 1 aliphatic carbocycles. The van der Waals surface area contributed by atoms with E-state index < -0.39 is 0 Å². The van der Waals surface area contributed by atoms with Gasteiger partial charge in [0.25, 0.3) is 0 Å². The van der Waals surface area contributed by atoms with Crippen molar-refractivity contribution in [2.75, 3.05) is 0 Å². The van der Waals surface area contributed by atoms with Crippen molar-refractivity contribution in [2.24, 2.45) is 0 Å². The summed E-state index contributed by atoms with van der Waals surface area (Å²) < 4.78 is 0. The van der Waals surface area contributed by atoms with Crippen molar-refractivity contribution >= 4 is 11.6 Å². The van der Waals surface area contributed by atoms with Gasteiger partial charge in [-0.25, -0.2) is 4.85 Å². The molecule has 1 N–H and O–H groups in total. The molecule has 0 saturated heterocycles. The van der Waals surface area contributed by atoms with E-state index in [9.17, 15) is 4.79 Å². The Hall–Kier alpha value is -1.82. The fourth-order valence-electron chi connectivity index (χ4n) is 2.23. The predicted molar refractivity (Wildman–Crippen MR) is 67.0 cm³/mol. The first-order chi connectivity index (χ1) is 8.29. The average Bonchev–Trinajstić information content (AvgIpc) is 2.40. The second kappa shape index (κ2) is 5.49. The maximum atomic E-state index is 12.0. The van der Waals surface area contributed by atoms with Gasteiger partial charge in [0.2, 0.25) is 5.91 Å². The summed E-state index contributed by atoms with van der Waals surface area (Å²) in [6.07, 6.45) is 5.84. The van der Waals surface area contributed by atoms with Crippen LogP contribution in [-0.2, 0) is 0 Å². The molecule has 3 nitrogen and oxygen atoms in total. The number of rotatable bonds is 2. The van der Waals surface area contributed by atoms with Crippen molar-refractivity contribution in [3.05, 3.63) is 41.2 Å². The zero-order valence-electron chi connectivity index (χ0n) is 9.78. The highest BCUT2D eigenvalue weighted by Gasteiger charge is 2.16. The second-order valence-corrected chi connectivity index (χ2v) is 4.47. The van der Waals surface area contributed by atoms with Crippen LogP contribution in [0, 0.1) is 6.57 Å². The minimum absolute atomic E-state index is 0.0533. The highest BCUT2D eigenvalue weighted by atomic mass is 16.1. The van der Waals surface area contributed by atoms with Crippen LogP contribution in [-0.4, -0.2) is 11.9 Å². The maximum absolute atomic E-state index is 12.0. The van der Waals surface area contributed by atoms with Gasteiger partial charge in [-0.3, -0.25) is 4.79 Å². The van der Waals surface area contributed by atoms with E-state index >= 15 is 0 Å². The molecule has 0 spiro atoms. The van der Waals surface area contributed by atoms with Gasteiger partial charge in [-0.2, -0.15) is 0 Å². The number of nitrogens with one attached hydrogen (secondary N) is 1. The Morgan fingerprint density at radius 2 is 2.06 bits per heavy atom. The predicted octanol–water partition coefficient (Wildman–Crippen LogP) is 3.30. The van der Waals surface area contributed by atoms with Crippen LogP contribution in [0.2, 0.25) is 0 Å². The summed E-state index contributed by atoms with van der Waals surface area (Å²) in [5.41, 5.74) is 1.10. The lowest BCUT2D eigenvalue weighted by Gasteiger charge is -2.22. The fourth-order valence-corrected chi connectivity index (χ4v) is 2.23. The van der Waals surface area contributed by atoms with Gasteiger partial charge in [0, 0.05) is 11.6 Å². The molecule has 0 radical (unpaired) electrons. The molecule has 0 unspecified atom stereocenters. The molecule has 1 aromatic carbocycles. The standard InChI is InChI=1S/C14H16N2O/c1-15-13-9-5-6-11(10-13)14(17)16-12-7-3-2-4-8-12/h5-6,9-10,12H,2-4,7-8H2,(H,16,17). The normalized spacial score (nSPS) is 16.2. The lowest BCUT2D eigenvalue weighted by Crippen LogP contribution is -2.36. The summed E-state index contributed by atoms with van der Waals surface area (Å²) >= 11 is 0. The first kappa shape index (κ1) is 11.7. The van der Waals surface area contributed by atoms with Crippen molar-refractivity contribution in [1.29, 1.82) is 0 Å². The zero-order chi connectivity index (χ0) is 12.1. The van der Waals surface area contributed by atoms with Gasteiger partial charge in [0.15, 0.2) is 5.69 Å². The molecule has 1 aliphatic rings. The molecule has 0 aliphatic heterocycles. The Labute approximate surface area is 102 Å². The topological polar surface area (TPSA) is 33.5 Å². The number of amides is 1. The minimum Gasteiger partial charge on any atom is -0.349 e. The molecule has 88 valence electrons.